The highest BCUT2D eigenvalue weighted by atomic mass is 32.2. The summed E-state index contributed by atoms with van der Waals surface area (Å²) in [6.07, 6.45) is -2.02. The van der Waals surface area contributed by atoms with Gasteiger partial charge in [0.15, 0.2) is 5.69 Å². The van der Waals surface area contributed by atoms with Crippen LogP contribution in [0.2, 0.25) is 0 Å². The fourth-order valence-electron chi connectivity index (χ4n) is 2.75. The molecule has 1 aromatic carbocycles. The first-order chi connectivity index (χ1) is 12.2. The van der Waals surface area contributed by atoms with E-state index in [0.717, 1.165) is 33.8 Å². The molecule has 26 heavy (non-hydrogen) atoms. The minimum atomic E-state index is -4.87. The van der Waals surface area contributed by atoms with E-state index in [0.29, 0.717) is 6.42 Å². The molecule has 0 saturated heterocycles. The first-order valence-electron chi connectivity index (χ1n) is 7.67. The lowest BCUT2D eigenvalue weighted by Gasteiger charge is -2.26. The van der Waals surface area contributed by atoms with Gasteiger partial charge in [0.05, 0.1) is 0 Å². The molecule has 0 radical (unpaired) electrons. The zero-order valence-electron chi connectivity index (χ0n) is 13.4. The Labute approximate surface area is 147 Å². The van der Waals surface area contributed by atoms with Crippen LogP contribution in [0.3, 0.4) is 0 Å². The Balaban J connectivity index is 1.88. The third-order valence-electron chi connectivity index (χ3n) is 4.04. The molecule has 138 valence electrons. The molecule has 3 rings (SSSR count). The summed E-state index contributed by atoms with van der Waals surface area (Å²) in [5, 5.41) is 0. The van der Waals surface area contributed by atoms with Gasteiger partial charge in [-0.3, -0.25) is 4.98 Å². The normalized spacial score (nSPS) is 16.4. The lowest BCUT2D eigenvalue weighted by molar-refractivity contribution is -0.143. The van der Waals surface area contributed by atoms with Gasteiger partial charge in [0.25, 0.3) is 0 Å². The van der Waals surface area contributed by atoms with Gasteiger partial charge < -0.3 is 0 Å². The highest BCUT2D eigenvalue weighted by Crippen LogP contribution is 2.34. The van der Waals surface area contributed by atoms with Gasteiger partial charge >= 0.3 is 6.18 Å². The van der Waals surface area contributed by atoms with Crippen molar-refractivity contribution in [2.75, 3.05) is 13.1 Å². The van der Waals surface area contributed by atoms with Crippen LogP contribution in [0.25, 0.3) is 5.57 Å². The zero-order valence-corrected chi connectivity index (χ0v) is 14.2. The van der Waals surface area contributed by atoms with Crippen LogP contribution in [0.15, 0.2) is 53.6 Å². The van der Waals surface area contributed by atoms with Gasteiger partial charge in [-0.15, -0.1) is 0 Å². The van der Waals surface area contributed by atoms with Crippen LogP contribution in [0.4, 0.5) is 17.6 Å². The number of rotatable bonds is 3. The minimum absolute atomic E-state index is 0.0255. The number of hydrogen-bond acceptors (Lipinski definition) is 3. The molecule has 1 aliphatic heterocycles. The van der Waals surface area contributed by atoms with Gasteiger partial charge in [-0.05, 0) is 41.8 Å². The molecule has 0 fully saturated rings. The van der Waals surface area contributed by atoms with Crippen molar-refractivity contribution in [2.45, 2.75) is 17.5 Å². The standard InChI is InChI=1S/C17H14F4N2O2S/c18-14-5-3-12(4-6-14)13-7-10-23(11-8-13)26(24,25)15-2-1-9-22-16(15)17(19,20)21/h1-7,9H,8,10-11H2. The molecule has 2 aromatic rings. The highest BCUT2D eigenvalue weighted by Gasteiger charge is 2.40. The van der Waals surface area contributed by atoms with E-state index < -0.39 is 26.8 Å². The van der Waals surface area contributed by atoms with Crippen molar-refractivity contribution in [1.29, 1.82) is 0 Å². The first-order valence-corrected chi connectivity index (χ1v) is 9.11. The summed E-state index contributed by atoms with van der Waals surface area (Å²) >= 11 is 0. The van der Waals surface area contributed by atoms with Crippen molar-refractivity contribution in [2.24, 2.45) is 0 Å². The topological polar surface area (TPSA) is 50.3 Å². The fourth-order valence-corrected chi connectivity index (χ4v) is 4.29. The Morgan fingerprint density at radius 1 is 1.08 bits per heavy atom. The Morgan fingerprint density at radius 2 is 1.77 bits per heavy atom. The monoisotopic (exact) mass is 386 g/mol. The van der Waals surface area contributed by atoms with Crippen LogP contribution in [0.1, 0.15) is 17.7 Å². The largest absolute Gasteiger partial charge is 0.434 e. The Morgan fingerprint density at radius 3 is 2.35 bits per heavy atom. The maximum Gasteiger partial charge on any atom is 0.434 e. The SMILES string of the molecule is O=S(=O)(c1cccnc1C(F)(F)F)N1CC=C(c2ccc(F)cc2)CC1. The van der Waals surface area contributed by atoms with Crippen LogP contribution >= 0.6 is 0 Å². The lowest BCUT2D eigenvalue weighted by atomic mass is 10.0. The zero-order chi connectivity index (χ0) is 18.9. The van der Waals surface area contributed by atoms with E-state index in [9.17, 15) is 26.0 Å². The molecular formula is C17H14F4N2O2S. The van der Waals surface area contributed by atoms with Crippen LogP contribution in [-0.4, -0.2) is 30.8 Å². The maximum atomic E-state index is 13.1. The summed E-state index contributed by atoms with van der Waals surface area (Å²) in [4.78, 5) is 2.34. The second-order valence-electron chi connectivity index (χ2n) is 5.70. The molecule has 0 atom stereocenters. The molecule has 1 aliphatic rings. The number of hydrogen-bond donors (Lipinski definition) is 0. The predicted octanol–water partition coefficient (Wildman–Crippen LogP) is 3.72. The van der Waals surface area contributed by atoms with Gasteiger partial charge in [0.1, 0.15) is 10.7 Å². The summed E-state index contributed by atoms with van der Waals surface area (Å²) in [6.45, 7) is -0.0427. The predicted molar refractivity (Wildman–Crippen MR) is 87.0 cm³/mol. The molecule has 0 N–H and O–H groups in total. The number of benzene rings is 1. The average Bonchev–Trinajstić information content (AvgIpc) is 2.62. The number of halogens is 4. The van der Waals surface area contributed by atoms with Crippen LogP contribution < -0.4 is 0 Å². The Bertz CT molecular complexity index is 938. The van der Waals surface area contributed by atoms with Crippen molar-refractivity contribution in [3.63, 3.8) is 0 Å². The second kappa shape index (κ2) is 6.81. The summed E-state index contributed by atoms with van der Waals surface area (Å²) in [6, 6.07) is 7.81. The minimum Gasteiger partial charge on any atom is -0.250 e. The third kappa shape index (κ3) is 3.63. The van der Waals surface area contributed by atoms with Crippen molar-refractivity contribution >= 4 is 15.6 Å². The van der Waals surface area contributed by atoms with Gasteiger partial charge in [-0.2, -0.15) is 17.5 Å². The molecule has 0 amide bonds. The summed E-state index contributed by atoms with van der Waals surface area (Å²) in [5.41, 5.74) is 0.146. The van der Waals surface area contributed by atoms with Crippen LogP contribution in [0.5, 0.6) is 0 Å². The van der Waals surface area contributed by atoms with E-state index >= 15 is 0 Å². The van der Waals surface area contributed by atoms with Gasteiger partial charge in [-0.25, -0.2) is 12.8 Å². The number of sulfonamides is 1. The molecule has 0 saturated carbocycles. The van der Waals surface area contributed by atoms with Gasteiger partial charge in [-0.1, -0.05) is 18.2 Å². The highest BCUT2D eigenvalue weighted by molar-refractivity contribution is 7.89. The fraction of sp³-hybridized carbons (Fsp3) is 0.235. The van der Waals surface area contributed by atoms with Crippen LogP contribution in [-0.2, 0) is 16.2 Å². The second-order valence-corrected chi connectivity index (χ2v) is 7.60. The van der Waals surface area contributed by atoms with Crippen LogP contribution in [0, 0.1) is 5.82 Å². The molecule has 4 nitrogen and oxygen atoms in total. The van der Waals surface area contributed by atoms with Gasteiger partial charge in [0, 0.05) is 19.3 Å². The van der Waals surface area contributed by atoms with E-state index in [1.165, 1.54) is 12.1 Å². The molecule has 0 aliphatic carbocycles. The molecule has 9 heteroatoms. The van der Waals surface area contributed by atoms with E-state index in [-0.39, 0.29) is 18.9 Å². The van der Waals surface area contributed by atoms with E-state index in [4.69, 9.17) is 0 Å². The summed E-state index contributed by atoms with van der Waals surface area (Å²) in [7, 11) is -4.34. The number of alkyl halides is 3. The third-order valence-corrected chi connectivity index (χ3v) is 5.94. The van der Waals surface area contributed by atoms with Crippen molar-refractivity contribution < 1.29 is 26.0 Å². The molecular weight excluding hydrogens is 372 g/mol. The number of pyridine rings is 1. The number of aromatic nitrogens is 1. The molecule has 0 unspecified atom stereocenters. The van der Waals surface area contributed by atoms with Crippen molar-refractivity contribution in [3.8, 4) is 0 Å². The molecule has 0 bridgehead atoms. The maximum absolute atomic E-state index is 13.1. The van der Waals surface area contributed by atoms with Crippen molar-refractivity contribution in [3.05, 3.63) is 65.7 Å². The lowest BCUT2D eigenvalue weighted by Crippen LogP contribution is -2.36. The van der Waals surface area contributed by atoms with E-state index in [1.54, 1.807) is 18.2 Å². The summed E-state index contributed by atoms with van der Waals surface area (Å²) in [5.74, 6) is -0.384. The average molecular weight is 386 g/mol. The molecule has 2 heterocycles. The first kappa shape index (κ1) is 18.5. The quantitative estimate of drug-likeness (QED) is 0.756. The van der Waals surface area contributed by atoms with Crippen molar-refractivity contribution in [1.82, 2.24) is 9.29 Å². The molecule has 0 spiro atoms. The molecule has 1 aromatic heterocycles. The number of nitrogens with zero attached hydrogens (tertiary/aromatic N) is 2. The Hall–Kier alpha value is -2.26. The smallest absolute Gasteiger partial charge is 0.250 e. The van der Waals surface area contributed by atoms with E-state index in [2.05, 4.69) is 4.98 Å². The van der Waals surface area contributed by atoms with Gasteiger partial charge in [0.2, 0.25) is 10.0 Å². The Kier molecular flexibility index (Phi) is 4.85. The summed E-state index contributed by atoms with van der Waals surface area (Å²) < 4.78 is 78.5. The van der Waals surface area contributed by atoms with E-state index in [1.807, 2.05) is 0 Å².